The van der Waals surface area contributed by atoms with Gasteiger partial charge in [-0.3, -0.25) is 4.79 Å². The Morgan fingerprint density at radius 2 is 2.00 bits per heavy atom. The predicted molar refractivity (Wildman–Crippen MR) is 61.9 cm³/mol. The SMILES string of the molecule is O=C(/C=N\O)NCCC[NH+]1CCCCCC1. The van der Waals surface area contributed by atoms with Crippen LogP contribution in [0.25, 0.3) is 0 Å². The second kappa shape index (κ2) is 8.10. The number of oxime groups is 1. The van der Waals surface area contributed by atoms with Gasteiger partial charge >= 0.3 is 0 Å². The van der Waals surface area contributed by atoms with Crippen molar-refractivity contribution in [3.05, 3.63) is 0 Å². The zero-order valence-corrected chi connectivity index (χ0v) is 9.74. The van der Waals surface area contributed by atoms with Gasteiger partial charge in [0.15, 0.2) is 0 Å². The molecule has 0 saturated carbocycles. The van der Waals surface area contributed by atoms with E-state index in [2.05, 4.69) is 10.5 Å². The molecule has 1 amide bonds. The molecule has 0 aromatic heterocycles. The molecule has 0 bridgehead atoms. The number of hydrogen-bond acceptors (Lipinski definition) is 3. The summed E-state index contributed by atoms with van der Waals surface area (Å²) < 4.78 is 0. The highest BCUT2D eigenvalue weighted by Gasteiger charge is 2.11. The molecule has 0 radical (unpaired) electrons. The van der Waals surface area contributed by atoms with Crippen LogP contribution in [0.5, 0.6) is 0 Å². The average molecular weight is 228 g/mol. The molecular weight excluding hydrogens is 206 g/mol. The van der Waals surface area contributed by atoms with Gasteiger partial charge in [-0.05, 0) is 25.7 Å². The molecule has 1 fully saturated rings. The van der Waals surface area contributed by atoms with Crippen LogP contribution in [0, 0.1) is 0 Å². The maximum absolute atomic E-state index is 10.9. The van der Waals surface area contributed by atoms with Crippen molar-refractivity contribution < 1.29 is 14.9 Å². The molecule has 0 unspecified atom stereocenters. The van der Waals surface area contributed by atoms with E-state index in [1.54, 1.807) is 4.90 Å². The number of carbonyl (C=O) groups excluding carboxylic acids is 1. The van der Waals surface area contributed by atoms with Crippen LogP contribution in [0.3, 0.4) is 0 Å². The molecular formula is C11H22N3O2+. The standard InChI is InChI=1S/C11H21N3O2/c15-11(10-13-16)12-6-5-9-14-7-3-1-2-4-8-14/h10,16H,1-9H2,(H,12,15)/p+1/b13-10-. The minimum absolute atomic E-state index is 0.326. The molecule has 3 N–H and O–H groups in total. The lowest BCUT2D eigenvalue weighted by molar-refractivity contribution is -0.899. The molecule has 0 aliphatic carbocycles. The van der Waals surface area contributed by atoms with E-state index in [9.17, 15) is 4.79 Å². The summed E-state index contributed by atoms with van der Waals surface area (Å²) in [5.74, 6) is -0.326. The lowest BCUT2D eigenvalue weighted by Crippen LogP contribution is -3.11. The Hall–Kier alpha value is -1.10. The van der Waals surface area contributed by atoms with Crippen LogP contribution in [0.15, 0.2) is 5.16 Å². The zero-order valence-electron chi connectivity index (χ0n) is 9.74. The van der Waals surface area contributed by atoms with Crippen molar-refractivity contribution in [1.82, 2.24) is 5.32 Å². The van der Waals surface area contributed by atoms with E-state index in [1.807, 2.05) is 0 Å². The fourth-order valence-corrected chi connectivity index (χ4v) is 2.13. The third kappa shape index (κ3) is 5.70. The van der Waals surface area contributed by atoms with Crippen LogP contribution in [0.1, 0.15) is 32.1 Å². The van der Waals surface area contributed by atoms with Crippen molar-refractivity contribution in [3.63, 3.8) is 0 Å². The van der Waals surface area contributed by atoms with E-state index in [-0.39, 0.29) is 5.91 Å². The Labute approximate surface area is 96.5 Å². The van der Waals surface area contributed by atoms with Crippen LogP contribution in [0.4, 0.5) is 0 Å². The van der Waals surface area contributed by atoms with Gasteiger partial charge in [0.1, 0.15) is 6.21 Å². The van der Waals surface area contributed by atoms with Crippen molar-refractivity contribution in [2.75, 3.05) is 26.2 Å². The summed E-state index contributed by atoms with van der Waals surface area (Å²) in [6, 6.07) is 0. The van der Waals surface area contributed by atoms with E-state index >= 15 is 0 Å². The Bertz CT molecular complexity index is 223. The number of quaternary nitrogens is 1. The molecule has 1 aliphatic heterocycles. The number of amides is 1. The molecule has 5 nitrogen and oxygen atoms in total. The molecule has 5 heteroatoms. The molecule has 16 heavy (non-hydrogen) atoms. The minimum Gasteiger partial charge on any atom is -0.411 e. The zero-order chi connectivity index (χ0) is 11.6. The van der Waals surface area contributed by atoms with Crippen molar-refractivity contribution in [1.29, 1.82) is 0 Å². The van der Waals surface area contributed by atoms with Crippen molar-refractivity contribution in [2.24, 2.45) is 5.16 Å². The lowest BCUT2D eigenvalue weighted by atomic mass is 10.2. The molecule has 0 atom stereocenters. The van der Waals surface area contributed by atoms with Gasteiger partial charge in [0.25, 0.3) is 5.91 Å². The molecule has 0 aromatic carbocycles. The summed E-state index contributed by atoms with van der Waals surface area (Å²) in [5, 5.41) is 13.5. The highest BCUT2D eigenvalue weighted by atomic mass is 16.4. The monoisotopic (exact) mass is 228 g/mol. The number of rotatable bonds is 5. The fraction of sp³-hybridized carbons (Fsp3) is 0.818. The fourth-order valence-electron chi connectivity index (χ4n) is 2.13. The van der Waals surface area contributed by atoms with Gasteiger partial charge in [-0.15, -0.1) is 0 Å². The number of hydrogen-bond donors (Lipinski definition) is 3. The largest absolute Gasteiger partial charge is 0.411 e. The summed E-state index contributed by atoms with van der Waals surface area (Å²) in [4.78, 5) is 12.6. The van der Waals surface area contributed by atoms with E-state index in [0.717, 1.165) is 19.2 Å². The number of carbonyl (C=O) groups is 1. The maximum atomic E-state index is 10.9. The number of likely N-dealkylation sites (tertiary alicyclic amines) is 1. The molecule has 0 spiro atoms. The molecule has 1 rings (SSSR count). The Morgan fingerprint density at radius 3 is 2.62 bits per heavy atom. The first-order chi connectivity index (χ1) is 7.83. The summed E-state index contributed by atoms with van der Waals surface area (Å²) in [5.41, 5.74) is 0. The molecule has 1 saturated heterocycles. The van der Waals surface area contributed by atoms with E-state index < -0.39 is 0 Å². The van der Waals surface area contributed by atoms with Crippen LogP contribution >= 0.6 is 0 Å². The lowest BCUT2D eigenvalue weighted by Gasteiger charge is -2.16. The topological polar surface area (TPSA) is 66.1 Å². The van der Waals surface area contributed by atoms with Crippen molar-refractivity contribution in [3.8, 4) is 0 Å². The molecule has 1 aliphatic rings. The first-order valence-corrected chi connectivity index (χ1v) is 6.12. The smallest absolute Gasteiger partial charge is 0.265 e. The second-order valence-electron chi connectivity index (χ2n) is 4.30. The average Bonchev–Trinajstić information content (AvgIpc) is 2.53. The van der Waals surface area contributed by atoms with Gasteiger partial charge < -0.3 is 15.4 Å². The second-order valence-corrected chi connectivity index (χ2v) is 4.30. The van der Waals surface area contributed by atoms with Crippen LogP contribution in [-0.4, -0.2) is 43.5 Å². The van der Waals surface area contributed by atoms with Gasteiger partial charge in [0.05, 0.1) is 19.6 Å². The number of nitrogens with zero attached hydrogens (tertiary/aromatic N) is 1. The van der Waals surface area contributed by atoms with E-state index in [0.29, 0.717) is 6.54 Å². The van der Waals surface area contributed by atoms with Gasteiger partial charge in [0.2, 0.25) is 0 Å². The summed E-state index contributed by atoms with van der Waals surface area (Å²) in [7, 11) is 0. The minimum atomic E-state index is -0.326. The van der Waals surface area contributed by atoms with Crippen LogP contribution in [0.2, 0.25) is 0 Å². The quantitative estimate of drug-likeness (QED) is 0.255. The third-order valence-electron chi connectivity index (χ3n) is 2.99. The highest BCUT2D eigenvalue weighted by molar-refractivity contribution is 6.25. The molecule has 0 aromatic rings. The van der Waals surface area contributed by atoms with Crippen molar-refractivity contribution in [2.45, 2.75) is 32.1 Å². The van der Waals surface area contributed by atoms with Gasteiger partial charge in [0, 0.05) is 13.0 Å². The Balaban J connectivity index is 2.03. The van der Waals surface area contributed by atoms with Gasteiger partial charge in [-0.2, -0.15) is 0 Å². The van der Waals surface area contributed by atoms with E-state index in [1.165, 1.54) is 38.8 Å². The van der Waals surface area contributed by atoms with E-state index in [4.69, 9.17) is 5.21 Å². The Kier molecular flexibility index (Phi) is 6.56. The predicted octanol–water partition coefficient (Wildman–Crippen LogP) is -0.588. The molecule has 1 heterocycles. The maximum Gasteiger partial charge on any atom is 0.265 e. The third-order valence-corrected chi connectivity index (χ3v) is 2.99. The summed E-state index contributed by atoms with van der Waals surface area (Å²) >= 11 is 0. The summed E-state index contributed by atoms with van der Waals surface area (Å²) in [6.45, 7) is 4.32. The van der Waals surface area contributed by atoms with Crippen molar-refractivity contribution >= 4 is 12.1 Å². The number of nitrogens with one attached hydrogen (secondary N) is 2. The summed E-state index contributed by atoms with van der Waals surface area (Å²) in [6.07, 6.45) is 7.28. The van der Waals surface area contributed by atoms with Gasteiger partial charge in [-0.1, -0.05) is 5.16 Å². The first-order valence-electron chi connectivity index (χ1n) is 6.12. The van der Waals surface area contributed by atoms with Crippen LogP contribution in [-0.2, 0) is 4.79 Å². The van der Waals surface area contributed by atoms with Crippen LogP contribution < -0.4 is 10.2 Å². The Morgan fingerprint density at radius 1 is 1.31 bits per heavy atom. The van der Waals surface area contributed by atoms with Gasteiger partial charge in [-0.25, -0.2) is 0 Å². The first kappa shape index (κ1) is 13.0. The molecule has 92 valence electrons. The highest BCUT2D eigenvalue weighted by Crippen LogP contribution is 1.99. The normalized spacial score (nSPS) is 18.5.